The molecule has 2 saturated heterocycles. The Balaban J connectivity index is 1.17. The first-order chi connectivity index (χ1) is 43.6. The summed E-state index contributed by atoms with van der Waals surface area (Å²) >= 11 is 0. The molecule has 9 rings (SSSR count). The number of hydrogen-bond donors (Lipinski definition) is 0. The summed E-state index contributed by atoms with van der Waals surface area (Å²) < 4.78 is 73.5. The SMILES string of the molecule is C=CCO[C@@H]1O[C@H](CO[Si](c2ccccc2)(c2ccccc2)C(C)(C)C)[C@@H](O[C@@H]2O[C@@H](COCc3ccccc3)[C@@H](OC(=O)OCC3c4ccccc4-c4ccccc43)[C@H](OCc3ccccc3)[C@H]2OC(=O)CCC(C)=O)[C@H](OC(=O)CCC(C)=O)[C@H]1N=[N+]=[N-]. The molecule has 0 spiro atoms. The number of nitrogens with zero attached hydrogens (tertiary/aromatic N) is 3. The van der Waals surface area contributed by atoms with Crippen molar-refractivity contribution in [2.45, 2.75) is 146 Å². The van der Waals surface area contributed by atoms with Crippen molar-refractivity contribution in [1.29, 1.82) is 0 Å². The van der Waals surface area contributed by atoms with Crippen LogP contribution in [0.25, 0.3) is 21.6 Å². The van der Waals surface area contributed by atoms with Crippen LogP contribution in [-0.4, -0.2) is 126 Å². The summed E-state index contributed by atoms with van der Waals surface area (Å²) in [5.74, 6) is -2.66. The molecule has 19 nitrogen and oxygen atoms in total. The maximum absolute atomic E-state index is 14.6. The van der Waals surface area contributed by atoms with Crippen molar-refractivity contribution in [1.82, 2.24) is 0 Å². The molecule has 10 atom stereocenters. The predicted molar refractivity (Wildman–Crippen MR) is 336 cm³/mol. The van der Waals surface area contributed by atoms with Crippen molar-refractivity contribution in [2.24, 2.45) is 5.11 Å². The number of rotatable bonds is 29. The smallest absolute Gasteiger partial charge is 0.459 e. The molecular formula is C70H77N3O16Si. The molecule has 472 valence electrons. The molecule has 3 aliphatic rings. The minimum Gasteiger partial charge on any atom is -0.459 e. The van der Waals surface area contributed by atoms with E-state index in [0.717, 1.165) is 38.2 Å². The van der Waals surface area contributed by atoms with Crippen molar-refractivity contribution in [3.05, 3.63) is 215 Å². The van der Waals surface area contributed by atoms with E-state index in [9.17, 15) is 29.5 Å². The number of ketones is 2. The first kappa shape index (κ1) is 66.3. The highest BCUT2D eigenvalue weighted by atomic mass is 28.4. The Labute approximate surface area is 525 Å². The minimum atomic E-state index is -3.46. The highest BCUT2D eigenvalue weighted by Crippen LogP contribution is 2.45. The van der Waals surface area contributed by atoms with Crippen molar-refractivity contribution in [2.75, 3.05) is 26.4 Å². The molecule has 6 aromatic rings. The average molecular weight is 1240 g/mol. The second-order valence-electron chi connectivity index (χ2n) is 23.4. The fraction of sp³-hybridized carbons (Fsp3) is 0.386. The van der Waals surface area contributed by atoms with Gasteiger partial charge in [0.05, 0.1) is 45.9 Å². The van der Waals surface area contributed by atoms with E-state index in [1.54, 1.807) is 0 Å². The molecule has 0 N–H and O–H groups in total. The van der Waals surface area contributed by atoms with E-state index in [2.05, 4.69) is 37.4 Å². The number of Topliss-reactive ketones (excluding diaryl/α,β-unsaturated/α-hetero) is 2. The summed E-state index contributed by atoms with van der Waals surface area (Å²) in [6, 6.07) is 52.5. The summed E-state index contributed by atoms with van der Waals surface area (Å²) in [5, 5.41) is 5.39. The largest absolute Gasteiger partial charge is 0.508 e. The van der Waals surface area contributed by atoms with Crippen molar-refractivity contribution < 1.29 is 75.8 Å². The van der Waals surface area contributed by atoms with Crippen LogP contribution in [0.15, 0.2) is 188 Å². The molecule has 2 aliphatic heterocycles. The zero-order valence-electron chi connectivity index (χ0n) is 51.2. The van der Waals surface area contributed by atoms with E-state index < -0.39 is 92.8 Å². The number of azide groups is 1. The van der Waals surface area contributed by atoms with Crippen LogP contribution in [0, 0.1) is 0 Å². The molecule has 90 heavy (non-hydrogen) atoms. The zero-order valence-corrected chi connectivity index (χ0v) is 52.2. The predicted octanol–water partition coefficient (Wildman–Crippen LogP) is 11.0. The van der Waals surface area contributed by atoms with Gasteiger partial charge in [-0.15, -0.1) is 6.58 Å². The molecular weight excluding hydrogens is 1170 g/mol. The third kappa shape index (κ3) is 16.4. The van der Waals surface area contributed by atoms with Crippen LogP contribution in [0.4, 0.5) is 4.79 Å². The molecule has 0 bridgehead atoms. The lowest BCUT2D eigenvalue weighted by Gasteiger charge is -2.50. The highest BCUT2D eigenvalue weighted by Gasteiger charge is 2.58. The topological polar surface area (TPSA) is 236 Å². The van der Waals surface area contributed by atoms with E-state index in [4.69, 9.17) is 51.8 Å². The summed E-state index contributed by atoms with van der Waals surface area (Å²) in [6.07, 6.45) is -14.5. The van der Waals surface area contributed by atoms with Crippen LogP contribution in [0.2, 0.25) is 5.04 Å². The Kier molecular flexibility index (Phi) is 23.2. The molecule has 0 unspecified atom stereocenters. The molecule has 2 heterocycles. The number of carbonyl (C=O) groups excluding carboxylic acids is 5. The Morgan fingerprint density at radius 1 is 0.567 bits per heavy atom. The normalized spacial score (nSPS) is 22.2. The van der Waals surface area contributed by atoms with Gasteiger partial charge in [0.1, 0.15) is 54.7 Å². The van der Waals surface area contributed by atoms with Crippen molar-refractivity contribution in [3.8, 4) is 11.1 Å². The van der Waals surface area contributed by atoms with Gasteiger partial charge in [-0.1, -0.05) is 202 Å². The van der Waals surface area contributed by atoms with Gasteiger partial charge in [0, 0.05) is 23.7 Å². The fourth-order valence-electron chi connectivity index (χ4n) is 11.9. The number of hydrogen-bond acceptors (Lipinski definition) is 17. The number of fused-ring (bicyclic) bond motifs is 3. The maximum atomic E-state index is 14.6. The lowest BCUT2D eigenvalue weighted by molar-refractivity contribution is -0.352. The summed E-state index contributed by atoms with van der Waals surface area (Å²) in [4.78, 5) is 71.4. The van der Waals surface area contributed by atoms with Crippen LogP contribution in [-0.2, 0) is 84.2 Å². The number of esters is 2. The van der Waals surface area contributed by atoms with E-state index in [0.29, 0.717) is 5.56 Å². The van der Waals surface area contributed by atoms with E-state index in [1.807, 2.05) is 170 Å². The molecule has 0 saturated carbocycles. The van der Waals surface area contributed by atoms with Gasteiger partial charge in [-0.25, -0.2) is 4.79 Å². The van der Waals surface area contributed by atoms with Gasteiger partial charge in [-0.05, 0) is 68.2 Å². The molecule has 1 aliphatic carbocycles. The third-order valence-corrected chi connectivity index (χ3v) is 21.1. The summed E-state index contributed by atoms with van der Waals surface area (Å²) in [7, 11) is -3.46. The van der Waals surface area contributed by atoms with Gasteiger partial charge in [0.25, 0.3) is 8.32 Å². The lowest BCUT2D eigenvalue weighted by atomic mass is 9.95. The third-order valence-electron chi connectivity index (χ3n) is 16.1. The zero-order chi connectivity index (χ0) is 63.6. The lowest BCUT2D eigenvalue weighted by Crippen LogP contribution is -2.69. The fourth-order valence-corrected chi connectivity index (χ4v) is 16.4. The van der Waals surface area contributed by atoms with Crippen LogP contribution in [0.1, 0.15) is 88.5 Å². The van der Waals surface area contributed by atoms with Gasteiger partial charge >= 0.3 is 18.1 Å². The summed E-state index contributed by atoms with van der Waals surface area (Å²) in [5.41, 5.74) is 15.8. The minimum absolute atomic E-state index is 0.0687. The maximum Gasteiger partial charge on any atom is 0.508 e. The Morgan fingerprint density at radius 3 is 1.60 bits per heavy atom. The van der Waals surface area contributed by atoms with Crippen LogP contribution in [0.3, 0.4) is 0 Å². The highest BCUT2D eigenvalue weighted by molar-refractivity contribution is 6.99. The molecule has 0 amide bonds. The number of carbonyl (C=O) groups is 5. The Bertz CT molecular complexity index is 3340. The molecule has 20 heteroatoms. The number of ether oxygens (including phenoxy) is 10. The second kappa shape index (κ2) is 31.5. The molecule has 0 aromatic heterocycles. The first-order valence-corrected chi connectivity index (χ1v) is 32.1. The van der Waals surface area contributed by atoms with E-state index in [-0.39, 0.29) is 82.8 Å². The van der Waals surface area contributed by atoms with Crippen LogP contribution >= 0.6 is 0 Å². The van der Waals surface area contributed by atoms with E-state index in [1.165, 1.54) is 19.9 Å². The van der Waals surface area contributed by atoms with Gasteiger partial charge in [-0.3, -0.25) is 9.59 Å². The quantitative estimate of drug-likeness (QED) is 0.00807. The Hall–Kier alpha value is -8.14. The molecule has 6 aromatic carbocycles. The Morgan fingerprint density at radius 2 is 1.07 bits per heavy atom. The van der Waals surface area contributed by atoms with Gasteiger partial charge < -0.3 is 61.4 Å². The van der Waals surface area contributed by atoms with Gasteiger partial charge in [-0.2, -0.15) is 0 Å². The standard InChI is InChI=1S/C70H77N3O16Si/c1-7-40-80-67-61(72-73-71)64(86-59(76)38-36-46(2)74)62(58(84-67)45-83-90(70(4,5)6,50-28-16-10-17-29-50)51-30-18-11-19-31-51)88-68-66(87-60(77)39-37-47(3)75)65(81-42-49-26-14-9-15-27-49)63(57(85-68)44-79-41-48-24-12-8-13-25-48)89-69(78)82-43-56-54-34-22-20-32-52(54)53-33-21-23-35-55(53)56/h7-35,56-58,61-68H,1,36-45H2,2-6H3/t57-,58+,61+,62+,63+,64+,65-,66+,67+,68-/m0/s1. The average Bonchev–Trinajstić information content (AvgIpc) is 0.917. The van der Waals surface area contributed by atoms with Crippen LogP contribution < -0.4 is 10.4 Å². The summed E-state index contributed by atoms with van der Waals surface area (Å²) in [6.45, 7) is 11.9. The monoisotopic (exact) mass is 1240 g/mol. The van der Waals surface area contributed by atoms with Gasteiger partial charge in [0.15, 0.2) is 24.8 Å². The molecule has 2 fully saturated rings. The van der Waals surface area contributed by atoms with E-state index >= 15 is 0 Å². The molecule has 0 radical (unpaired) electrons. The first-order valence-electron chi connectivity index (χ1n) is 30.2. The van der Waals surface area contributed by atoms with Crippen LogP contribution in [0.5, 0.6) is 0 Å². The van der Waals surface area contributed by atoms with Crippen molar-refractivity contribution in [3.63, 3.8) is 0 Å². The van der Waals surface area contributed by atoms with Gasteiger partial charge in [0.2, 0.25) is 0 Å². The second-order valence-corrected chi connectivity index (χ2v) is 27.7. The van der Waals surface area contributed by atoms with Crippen molar-refractivity contribution >= 4 is 48.4 Å². The number of benzene rings is 6.